The van der Waals surface area contributed by atoms with E-state index in [0.29, 0.717) is 27.8 Å². The van der Waals surface area contributed by atoms with E-state index >= 15 is 0 Å². The molecular weight excluding hydrogens is 421 g/mol. The number of nitrogens with one attached hydrogen (secondary N) is 1. The van der Waals surface area contributed by atoms with Gasteiger partial charge in [0.2, 0.25) is 15.9 Å². The Morgan fingerprint density at radius 3 is 2.64 bits per heavy atom. The molecule has 0 radical (unpaired) electrons. The van der Waals surface area contributed by atoms with E-state index in [9.17, 15) is 13.2 Å². The van der Waals surface area contributed by atoms with E-state index < -0.39 is 10.0 Å². The molecule has 28 heavy (non-hydrogen) atoms. The van der Waals surface area contributed by atoms with Gasteiger partial charge in [0.15, 0.2) is 0 Å². The zero-order valence-electron chi connectivity index (χ0n) is 15.1. The van der Waals surface area contributed by atoms with Gasteiger partial charge in [0, 0.05) is 16.6 Å². The number of anilines is 1. The number of sulfonamides is 1. The molecule has 2 aromatic rings. The highest BCUT2D eigenvalue weighted by atomic mass is 35.5. The second-order valence-corrected chi connectivity index (χ2v) is 9.35. The smallest absolute Gasteiger partial charge is 0.236 e. The lowest BCUT2D eigenvalue weighted by Gasteiger charge is -2.23. The van der Waals surface area contributed by atoms with E-state index in [4.69, 9.17) is 28.9 Å². The van der Waals surface area contributed by atoms with E-state index in [1.54, 1.807) is 24.3 Å². The van der Waals surface area contributed by atoms with Crippen molar-refractivity contribution in [1.82, 2.24) is 4.90 Å². The number of amides is 1. The maximum Gasteiger partial charge on any atom is 0.236 e. The van der Waals surface area contributed by atoms with Gasteiger partial charge in [0.1, 0.15) is 0 Å². The normalized spacial score (nSPS) is 17.6. The number of hydrogen-bond acceptors (Lipinski definition) is 4. The predicted octanol–water partition coefficient (Wildman–Crippen LogP) is 3.39. The summed E-state index contributed by atoms with van der Waals surface area (Å²) in [5.74, 6) is -0.627. The molecule has 0 saturated carbocycles. The van der Waals surface area contributed by atoms with Crippen LogP contribution >= 0.6 is 23.2 Å². The number of primary amides is 1. The monoisotopic (exact) mass is 441 g/mol. The molecule has 0 spiro atoms. The van der Waals surface area contributed by atoms with Crippen molar-refractivity contribution >= 4 is 44.8 Å². The second kappa shape index (κ2) is 8.69. The Kier molecular flexibility index (Phi) is 6.50. The Labute approximate surface area is 174 Å². The van der Waals surface area contributed by atoms with Crippen LogP contribution in [-0.2, 0) is 27.1 Å². The molecule has 1 atom stereocenters. The lowest BCUT2D eigenvalue weighted by atomic mass is 10.1. The quantitative estimate of drug-likeness (QED) is 0.688. The van der Waals surface area contributed by atoms with E-state index in [-0.39, 0.29) is 17.7 Å². The number of rotatable bonds is 7. The van der Waals surface area contributed by atoms with Crippen molar-refractivity contribution in [2.24, 2.45) is 5.73 Å². The van der Waals surface area contributed by atoms with Gasteiger partial charge in [-0.15, -0.1) is 0 Å². The van der Waals surface area contributed by atoms with Gasteiger partial charge in [0.25, 0.3) is 0 Å². The number of carbonyl (C=O) groups excluding carboxylic acids is 1. The van der Waals surface area contributed by atoms with Crippen LogP contribution in [0.4, 0.5) is 5.69 Å². The lowest BCUT2D eigenvalue weighted by molar-refractivity contribution is -0.122. The number of halogens is 2. The molecule has 9 heteroatoms. The van der Waals surface area contributed by atoms with Crippen molar-refractivity contribution in [2.75, 3.05) is 11.3 Å². The van der Waals surface area contributed by atoms with Crippen molar-refractivity contribution in [3.63, 3.8) is 0 Å². The summed E-state index contributed by atoms with van der Waals surface area (Å²) in [5.41, 5.74) is 7.19. The summed E-state index contributed by atoms with van der Waals surface area (Å²) in [4.78, 5) is 13.6. The molecule has 6 nitrogen and oxygen atoms in total. The Bertz CT molecular complexity index is 982. The van der Waals surface area contributed by atoms with Gasteiger partial charge in [-0.2, -0.15) is 0 Å². The maximum atomic E-state index is 12.7. The number of likely N-dealkylation sites (tertiary alicyclic amines) is 1. The van der Waals surface area contributed by atoms with Crippen LogP contribution < -0.4 is 10.5 Å². The third kappa shape index (κ3) is 5.17. The molecule has 0 aliphatic carbocycles. The van der Waals surface area contributed by atoms with E-state index in [0.717, 1.165) is 24.9 Å². The zero-order valence-corrected chi connectivity index (χ0v) is 17.4. The third-order valence-corrected chi connectivity index (χ3v) is 6.52. The topological polar surface area (TPSA) is 92.5 Å². The molecule has 1 aliphatic rings. The average Bonchev–Trinajstić information content (AvgIpc) is 3.07. The van der Waals surface area contributed by atoms with Gasteiger partial charge >= 0.3 is 0 Å². The Balaban J connectivity index is 1.78. The predicted molar refractivity (Wildman–Crippen MR) is 112 cm³/mol. The third-order valence-electron chi connectivity index (χ3n) is 4.71. The standard InChI is InChI=1S/C19H21Cl2N3O3S/c20-15-8-7-14(16(21)10-15)12-28(26,27)23-17-5-2-1-4-13(17)11-24-9-3-6-18(24)19(22)25/h1-2,4-5,7-8,10,18,23H,3,6,9,11-12H2,(H2,22,25). The molecular formula is C19H21Cl2N3O3S. The van der Waals surface area contributed by atoms with Crippen molar-refractivity contribution in [1.29, 1.82) is 0 Å². The minimum atomic E-state index is -3.70. The highest BCUT2D eigenvalue weighted by molar-refractivity contribution is 7.91. The molecule has 1 unspecified atom stereocenters. The summed E-state index contributed by atoms with van der Waals surface area (Å²) in [6.07, 6.45) is 1.61. The highest BCUT2D eigenvalue weighted by Crippen LogP contribution is 2.26. The van der Waals surface area contributed by atoms with Gasteiger partial charge in [-0.25, -0.2) is 8.42 Å². The average molecular weight is 442 g/mol. The molecule has 1 amide bonds. The van der Waals surface area contributed by atoms with Crippen molar-refractivity contribution in [3.05, 3.63) is 63.6 Å². The molecule has 1 fully saturated rings. The summed E-state index contributed by atoms with van der Waals surface area (Å²) >= 11 is 12.0. The first kappa shape index (κ1) is 20.9. The number of nitrogens with two attached hydrogens (primary N) is 1. The highest BCUT2D eigenvalue weighted by Gasteiger charge is 2.29. The molecule has 3 N–H and O–H groups in total. The summed E-state index contributed by atoms with van der Waals surface area (Å²) in [5, 5.41) is 0.742. The van der Waals surface area contributed by atoms with Gasteiger partial charge in [-0.1, -0.05) is 47.5 Å². The number of benzene rings is 2. The fraction of sp³-hybridized carbons (Fsp3) is 0.316. The summed E-state index contributed by atoms with van der Waals surface area (Å²) in [6, 6.07) is 11.5. The largest absolute Gasteiger partial charge is 0.368 e. The number of carbonyl (C=O) groups is 1. The fourth-order valence-corrected chi connectivity index (χ4v) is 5.18. The molecule has 1 saturated heterocycles. The lowest BCUT2D eigenvalue weighted by Crippen LogP contribution is -2.39. The molecule has 1 aliphatic heterocycles. The molecule has 0 aromatic heterocycles. The van der Waals surface area contributed by atoms with E-state index in [1.165, 1.54) is 6.07 Å². The maximum absolute atomic E-state index is 12.7. The molecule has 3 rings (SSSR count). The van der Waals surface area contributed by atoms with E-state index in [1.807, 2.05) is 17.0 Å². The zero-order chi connectivity index (χ0) is 20.3. The van der Waals surface area contributed by atoms with Gasteiger partial charge in [-0.05, 0) is 48.7 Å². The summed E-state index contributed by atoms with van der Waals surface area (Å²) in [7, 11) is -3.70. The summed E-state index contributed by atoms with van der Waals surface area (Å²) in [6.45, 7) is 1.18. The first-order valence-corrected chi connectivity index (χ1v) is 11.2. The Hall–Kier alpha value is -1.80. The number of hydrogen-bond donors (Lipinski definition) is 2. The first-order chi connectivity index (χ1) is 13.2. The van der Waals surface area contributed by atoms with Gasteiger partial charge in [0.05, 0.1) is 17.5 Å². The van der Waals surface area contributed by atoms with Crippen molar-refractivity contribution < 1.29 is 13.2 Å². The van der Waals surface area contributed by atoms with Crippen LogP contribution in [0.15, 0.2) is 42.5 Å². The van der Waals surface area contributed by atoms with Crippen LogP contribution in [0.25, 0.3) is 0 Å². The minimum absolute atomic E-state index is 0.273. The van der Waals surface area contributed by atoms with Crippen LogP contribution in [-0.4, -0.2) is 31.8 Å². The van der Waals surface area contributed by atoms with E-state index in [2.05, 4.69) is 4.72 Å². The molecule has 2 aromatic carbocycles. The number of para-hydroxylation sites is 1. The van der Waals surface area contributed by atoms with Gasteiger partial charge in [-0.3, -0.25) is 14.4 Å². The minimum Gasteiger partial charge on any atom is -0.368 e. The van der Waals surface area contributed by atoms with Gasteiger partial charge < -0.3 is 5.73 Å². The first-order valence-electron chi connectivity index (χ1n) is 8.81. The SMILES string of the molecule is NC(=O)C1CCCN1Cc1ccccc1NS(=O)(=O)Cc1ccc(Cl)cc1Cl. The second-order valence-electron chi connectivity index (χ2n) is 6.78. The Morgan fingerprint density at radius 2 is 1.93 bits per heavy atom. The van der Waals surface area contributed by atoms with Crippen LogP contribution in [0.2, 0.25) is 10.0 Å². The van der Waals surface area contributed by atoms with Crippen molar-refractivity contribution in [2.45, 2.75) is 31.2 Å². The van der Waals surface area contributed by atoms with Crippen LogP contribution in [0.5, 0.6) is 0 Å². The van der Waals surface area contributed by atoms with Crippen LogP contribution in [0.1, 0.15) is 24.0 Å². The Morgan fingerprint density at radius 1 is 1.18 bits per heavy atom. The van der Waals surface area contributed by atoms with Crippen LogP contribution in [0.3, 0.4) is 0 Å². The molecule has 0 bridgehead atoms. The molecule has 150 valence electrons. The molecule has 1 heterocycles. The number of nitrogens with zero attached hydrogens (tertiary/aromatic N) is 1. The van der Waals surface area contributed by atoms with Crippen LogP contribution in [0, 0.1) is 0 Å². The summed E-state index contributed by atoms with van der Waals surface area (Å²) < 4.78 is 28.0. The van der Waals surface area contributed by atoms with Crippen molar-refractivity contribution in [3.8, 4) is 0 Å². The fourth-order valence-electron chi connectivity index (χ4n) is 3.36.